The highest BCUT2D eigenvalue weighted by Gasteiger charge is 2.32. The quantitative estimate of drug-likeness (QED) is 0.740. The molecule has 1 aromatic carbocycles. The lowest BCUT2D eigenvalue weighted by Crippen LogP contribution is -2.37. The second-order valence-electron chi connectivity index (χ2n) is 8.15. The lowest BCUT2D eigenvalue weighted by atomic mass is 9.84. The molecule has 0 spiro atoms. The Morgan fingerprint density at radius 3 is 2.41 bits per heavy atom. The van der Waals surface area contributed by atoms with Crippen LogP contribution in [-0.4, -0.2) is 45.5 Å². The molecular formula is C22H31ClN4. The summed E-state index contributed by atoms with van der Waals surface area (Å²) in [5, 5.41) is 0.825. The van der Waals surface area contributed by atoms with Gasteiger partial charge in [0.05, 0.1) is 6.54 Å². The minimum atomic E-state index is 0.825. The van der Waals surface area contributed by atoms with E-state index in [1.165, 1.54) is 56.8 Å². The average molecular weight is 387 g/mol. The van der Waals surface area contributed by atoms with Crippen LogP contribution in [0.2, 0.25) is 5.02 Å². The summed E-state index contributed by atoms with van der Waals surface area (Å²) in [5.74, 6) is 2.98. The molecule has 146 valence electrons. The smallest absolute Gasteiger partial charge is 0.122 e. The molecule has 0 aliphatic carbocycles. The minimum absolute atomic E-state index is 0.825. The zero-order valence-electron chi connectivity index (χ0n) is 16.4. The van der Waals surface area contributed by atoms with Gasteiger partial charge in [-0.1, -0.05) is 23.7 Å². The fourth-order valence-electron chi connectivity index (χ4n) is 4.80. The van der Waals surface area contributed by atoms with E-state index in [2.05, 4.69) is 44.6 Å². The fourth-order valence-corrected chi connectivity index (χ4v) is 4.93. The molecule has 4 nitrogen and oxygen atoms in total. The first-order chi connectivity index (χ1) is 13.2. The van der Waals surface area contributed by atoms with Crippen molar-refractivity contribution in [3.8, 4) is 0 Å². The van der Waals surface area contributed by atoms with Gasteiger partial charge in [0.15, 0.2) is 0 Å². The lowest BCUT2D eigenvalue weighted by Gasteiger charge is -2.34. The molecule has 2 aromatic rings. The molecular weight excluding hydrogens is 356 g/mol. The molecule has 0 amide bonds. The van der Waals surface area contributed by atoms with Gasteiger partial charge < -0.3 is 4.57 Å². The monoisotopic (exact) mass is 386 g/mol. The van der Waals surface area contributed by atoms with Crippen molar-refractivity contribution in [1.29, 1.82) is 0 Å². The van der Waals surface area contributed by atoms with Crippen LogP contribution in [-0.2, 0) is 19.6 Å². The first-order valence-corrected chi connectivity index (χ1v) is 10.8. The van der Waals surface area contributed by atoms with Crippen molar-refractivity contribution in [3.05, 3.63) is 53.1 Å². The summed E-state index contributed by atoms with van der Waals surface area (Å²) >= 11 is 6.00. The summed E-state index contributed by atoms with van der Waals surface area (Å²) < 4.78 is 2.26. The maximum atomic E-state index is 6.00. The highest BCUT2D eigenvalue weighted by molar-refractivity contribution is 6.30. The van der Waals surface area contributed by atoms with Crippen LogP contribution in [0.15, 0.2) is 36.7 Å². The molecule has 1 aromatic heterocycles. The maximum Gasteiger partial charge on any atom is 0.122 e. The van der Waals surface area contributed by atoms with Crippen LogP contribution < -0.4 is 0 Å². The van der Waals surface area contributed by atoms with E-state index in [1.54, 1.807) is 0 Å². The second-order valence-corrected chi connectivity index (χ2v) is 8.59. The van der Waals surface area contributed by atoms with Gasteiger partial charge in [0, 0.05) is 37.1 Å². The van der Waals surface area contributed by atoms with Gasteiger partial charge in [-0.3, -0.25) is 9.80 Å². The Kier molecular flexibility index (Phi) is 6.16. The van der Waals surface area contributed by atoms with Crippen LogP contribution in [0.3, 0.4) is 0 Å². The van der Waals surface area contributed by atoms with Crippen molar-refractivity contribution in [1.82, 2.24) is 19.4 Å². The van der Waals surface area contributed by atoms with Crippen LogP contribution in [0.1, 0.15) is 37.6 Å². The molecule has 4 rings (SSSR count). The fraction of sp³-hybridized carbons (Fsp3) is 0.591. The summed E-state index contributed by atoms with van der Waals surface area (Å²) in [6, 6.07) is 8.33. The van der Waals surface area contributed by atoms with Crippen molar-refractivity contribution in [2.75, 3.05) is 26.2 Å². The van der Waals surface area contributed by atoms with E-state index in [0.717, 1.165) is 36.5 Å². The van der Waals surface area contributed by atoms with Gasteiger partial charge >= 0.3 is 0 Å². The summed E-state index contributed by atoms with van der Waals surface area (Å²) in [7, 11) is 0. The topological polar surface area (TPSA) is 24.3 Å². The Labute approximate surface area is 168 Å². The summed E-state index contributed by atoms with van der Waals surface area (Å²) in [6.45, 7) is 10.2. The molecule has 2 saturated heterocycles. The van der Waals surface area contributed by atoms with Crippen molar-refractivity contribution in [2.24, 2.45) is 11.8 Å². The van der Waals surface area contributed by atoms with Gasteiger partial charge in [-0.25, -0.2) is 4.98 Å². The first kappa shape index (κ1) is 19.0. The van der Waals surface area contributed by atoms with E-state index < -0.39 is 0 Å². The minimum Gasteiger partial charge on any atom is -0.334 e. The molecule has 2 aliphatic rings. The number of imidazole rings is 1. The third-order valence-electron chi connectivity index (χ3n) is 6.43. The van der Waals surface area contributed by atoms with Crippen LogP contribution in [0.4, 0.5) is 0 Å². The number of aryl methyl sites for hydroxylation is 1. The number of aromatic nitrogens is 2. The maximum absolute atomic E-state index is 6.00. The Balaban J connectivity index is 1.23. The third kappa shape index (κ3) is 4.74. The molecule has 0 radical (unpaired) electrons. The van der Waals surface area contributed by atoms with Gasteiger partial charge in [0.25, 0.3) is 0 Å². The number of benzene rings is 1. The van der Waals surface area contributed by atoms with Gasteiger partial charge in [-0.05, 0) is 75.4 Å². The highest BCUT2D eigenvalue weighted by Crippen LogP contribution is 2.32. The van der Waals surface area contributed by atoms with Gasteiger partial charge in [-0.15, -0.1) is 0 Å². The number of hydrogen-bond donors (Lipinski definition) is 0. The average Bonchev–Trinajstić information content (AvgIpc) is 3.33. The molecule has 2 fully saturated rings. The largest absolute Gasteiger partial charge is 0.334 e. The highest BCUT2D eigenvalue weighted by atomic mass is 35.5. The van der Waals surface area contributed by atoms with Crippen molar-refractivity contribution in [3.63, 3.8) is 0 Å². The van der Waals surface area contributed by atoms with Crippen molar-refractivity contribution < 1.29 is 0 Å². The molecule has 0 bridgehead atoms. The zero-order valence-corrected chi connectivity index (χ0v) is 17.1. The first-order valence-electron chi connectivity index (χ1n) is 10.4. The Morgan fingerprint density at radius 1 is 0.963 bits per heavy atom. The lowest BCUT2D eigenvalue weighted by molar-refractivity contribution is 0.137. The Bertz CT molecular complexity index is 718. The van der Waals surface area contributed by atoms with E-state index in [-0.39, 0.29) is 0 Å². The van der Waals surface area contributed by atoms with Gasteiger partial charge in [0.2, 0.25) is 0 Å². The summed E-state index contributed by atoms with van der Waals surface area (Å²) in [4.78, 5) is 9.75. The zero-order chi connectivity index (χ0) is 18.6. The van der Waals surface area contributed by atoms with E-state index in [4.69, 9.17) is 11.6 Å². The van der Waals surface area contributed by atoms with Crippen LogP contribution >= 0.6 is 11.6 Å². The molecule has 3 heterocycles. The summed E-state index contributed by atoms with van der Waals surface area (Å²) in [6.07, 6.45) is 8.06. The number of likely N-dealkylation sites (tertiary alicyclic amines) is 2. The molecule has 1 unspecified atom stereocenters. The van der Waals surface area contributed by atoms with Crippen LogP contribution in [0.25, 0.3) is 0 Å². The molecule has 1 atom stereocenters. The second kappa shape index (κ2) is 8.76. The van der Waals surface area contributed by atoms with Crippen LogP contribution in [0.5, 0.6) is 0 Å². The Morgan fingerprint density at radius 2 is 1.67 bits per heavy atom. The van der Waals surface area contributed by atoms with Gasteiger partial charge in [-0.2, -0.15) is 0 Å². The number of nitrogens with zero attached hydrogens (tertiary/aromatic N) is 4. The SMILES string of the molecule is CCn1ccnc1CN1CCC(C2CCN(Cc3ccc(Cl)cc3)C2)CC1. The summed E-state index contributed by atoms with van der Waals surface area (Å²) in [5.41, 5.74) is 1.38. The molecule has 0 saturated carbocycles. The number of piperidine rings is 1. The number of rotatable bonds is 6. The number of hydrogen-bond acceptors (Lipinski definition) is 3. The molecule has 2 aliphatic heterocycles. The standard InChI is InChI=1S/C22H31ClN4/c1-2-27-14-10-24-22(27)17-25-11-7-19(8-12-25)20-9-13-26(16-20)15-18-3-5-21(23)6-4-18/h3-6,10,14,19-20H,2,7-9,11-13,15-17H2,1H3. The normalized spacial score (nSPS) is 22.5. The van der Waals surface area contributed by atoms with Crippen molar-refractivity contribution >= 4 is 11.6 Å². The van der Waals surface area contributed by atoms with Crippen molar-refractivity contribution in [2.45, 2.75) is 45.8 Å². The van der Waals surface area contributed by atoms with E-state index >= 15 is 0 Å². The molecule has 5 heteroatoms. The third-order valence-corrected chi connectivity index (χ3v) is 6.69. The molecule has 27 heavy (non-hydrogen) atoms. The number of halogens is 1. The molecule has 0 N–H and O–H groups in total. The predicted octanol–water partition coefficient (Wildman–Crippen LogP) is 4.29. The van der Waals surface area contributed by atoms with E-state index in [1.807, 2.05) is 18.3 Å². The van der Waals surface area contributed by atoms with Crippen LogP contribution in [0, 0.1) is 11.8 Å². The van der Waals surface area contributed by atoms with E-state index in [0.29, 0.717) is 0 Å². The van der Waals surface area contributed by atoms with Gasteiger partial charge in [0.1, 0.15) is 5.82 Å². The Hall–Kier alpha value is -1.36. The van der Waals surface area contributed by atoms with E-state index in [9.17, 15) is 0 Å². The predicted molar refractivity (Wildman–Crippen MR) is 111 cm³/mol.